The van der Waals surface area contributed by atoms with Gasteiger partial charge in [0.1, 0.15) is 5.54 Å². The summed E-state index contributed by atoms with van der Waals surface area (Å²) < 4.78 is 6.51. The molecule has 0 bridgehead atoms. The van der Waals surface area contributed by atoms with Crippen molar-refractivity contribution in [1.82, 2.24) is 20.1 Å². The van der Waals surface area contributed by atoms with E-state index in [0.717, 1.165) is 12.8 Å². The van der Waals surface area contributed by atoms with E-state index >= 15 is 0 Å². The molecule has 1 fully saturated rings. The Morgan fingerprint density at radius 3 is 2.90 bits per heavy atom. The highest BCUT2D eigenvalue weighted by Gasteiger charge is 2.35. The molecule has 0 aliphatic heterocycles. The topological polar surface area (TPSA) is 89.0 Å². The van der Waals surface area contributed by atoms with Gasteiger partial charge in [0.05, 0.1) is 7.11 Å². The van der Waals surface area contributed by atoms with Gasteiger partial charge >= 0.3 is 11.7 Å². The van der Waals surface area contributed by atoms with Crippen LogP contribution < -0.4 is 11.0 Å². The summed E-state index contributed by atoms with van der Waals surface area (Å²) >= 11 is 1.38. The number of H-pyrrole nitrogens is 1. The maximum Gasteiger partial charge on any atom is 0.344 e. The molecule has 1 unspecified atom stereocenters. The first-order valence-electron chi connectivity index (χ1n) is 6.65. The number of likely N-dealkylation sites (N-methyl/N-ethyl adjacent to an activating group) is 1. The maximum atomic E-state index is 11.9. The van der Waals surface area contributed by atoms with Crippen LogP contribution in [0.1, 0.15) is 32.7 Å². The molecule has 0 amide bonds. The van der Waals surface area contributed by atoms with Gasteiger partial charge < -0.3 is 10.1 Å². The molecule has 7 nitrogen and oxygen atoms in total. The predicted molar refractivity (Wildman–Crippen MR) is 75.9 cm³/mol. The van der Waals surface area contributed by atoms with E-state index in [9.17, 15) is 9.59 Å². The van der Waals surface area contributed by atoms with E-state index in [-0.39, 0.29) is 17.7 Å². The van der Waals surface area contributed by atoms with E-state index in [4.69, 9.17) is 4.74 Å². The van der Waals surface area contributed by atoms with Crippen molar-refractivity contribution in [2.75, 3.05) is 19.4 Å². The molecule has 1 heterocycles. The molecule has 1 aromatic heterocycles. The number of methoxy groups -OCH3 is 1. The molecular formula is C12H20N4O3S. The molecule has 0 aromatic carbocycles. The zero-order valence-electron chi connectivity index (χ0n) is 11.9. The van der Waals surface area contributed by atoms with Crippen LogP contribution in [0.15, 0.2) is 9.95 Å². The lowest BCUT2D eigenvalue weighted by atomic mass is 10.1. The van der Waals surface area contributed by atoms with Gasteiger partial charge in [0, 0.05) is 11.8 Å². The lowest BCUT2D eigenvalue weighted by Crippen LogP contribution is -2.52. The van der Waals surface area contributed by atoms with E-state index in [1.807, 2.05) is 6.92 Å². The van der Waals surface area contributed by atoms with E-state index in [1.165, 1.54) is 18.9 Å². The Labute approximate surface area is 121 Å². The van der Waals surface area contributed by atoms with E-state index in [0.29, 0.717) is 17.5 Å². The van der Waals surface area contributed by atoms with Crippen LogP contribution in [0, 0.1) is 0 Å². The number of nitrogens with one attached hydrogen (secondary N) is 2. The molecule has 1 saturated carbocycles. The average molecular weight is 300 g/mol. The highest BCUT2D eigenvalue weighted by molar-refractivity contribution is 7.99. The molecular weight excluding hydrogens is 280 g/mol. The summed E-state index contributed by atoms with van der Waals surface area (Å²) in [6.07, 6.45) is 2.02. The van der Waals surface area contributed by atoms with Crippen LogP contribution in [0.3, 0.4) is 0 Å². The van der Waals surface area contributed by atoms with Crippen LogP contribution in [-0.4, -0.2) is 45.7 Å². The van der Waals surface area contributed by atoms with Gasteiger partial charge in [-0.25, -0.2) is 9.89 Å². The Hall–Kier alpha value is -1.28. The Balaban J connectivity index is 2.10. The lowest BCUT2D eigenvalue weighted by molar-refractivity contribution is -0.146. The van der Waals surface area contributed by atoms with Crippen LogP contribution >= 0.6 is 11.8 Å². The van der Waals surface area contributed by atoms with Crippen molar-refractivity contribution in [3.05, 3.63) is 10.5 Å². The molecule has 2 rings (SSSR count). The largest absolute Gasteiger partial charge is 0.468 e. The summed E-state index contributed by atoms with van der Waals surface area (Å²) in [5.41, 5.74) is -0.976. The summed E-state index contributed by atoms with van der Waals surface area (Å²) in [6, 6.07) is 0.257. The minimum absolute atomic E-state index is 0.182. The third-order valence-electron chi connectivity index (χ3n) is 3.28. The van der Waals surface area contributed by atoms with Crippen molar-refractivity contribution in [3.63, 3.8) is 0 Å². The molecule has 2 N–H and O–H groups in total. The Morgan fingerprint density at radius 1 is 1.65 bits per heavy atom. The number of aromatic nitrogens is 3. The number of hydrogen-bond acceptors (Lipinski definition) is 6. The van der Waals surface area contributed by atoms with Crippen molar-refractivity contribution in [3.8, 4) is 0 Å². The number of thioether (sulfide) groups is 1. The third-order valence-corrected chi connectivity index (χ3v) is 4.54. The van der Waals surface area contributed by atoms with E-state index in [1.54, 1.807) is 11.5 Å². The normalized spacial score (nSPS) is 17.8. The molecule has 1 aliphatic carbocycles. The standard InChI is InChI=1S/C12H20N4O3S/c1-4-13-12(2,9(17)19-3)7-20-11-15-14-10(18)16(11)8-5-6-8/h8,13H,4-7H2,1-3H3,(H,14,18). The molecule has 0 radical (unpaired) electrons. The SMILES string of the molecule is CCNC(C)(CSc1n[nH]c(=O)n1C1CC1)C(=O)OC. The minimum atomic E-state index is -0.794. The molecule has 1 atom stereocenters. The number of rotatable bonds is 7. The summed E-state index contributed by atoms with van der Waals surface area (Å²) in [5, 5.41) is 10.3. The smallest absolute Gasteiger partial charge is 0.344 e. The molecule has 112 valence electrons. The Bertz CT molecular complexity index is 537. The fourth-order valence-corrected chi connectivity index (χ4v) is 3.17. The van der Waals surface area contributed by atoms with Crippen LogP contribution in [0.25, 0.3) is 0 Å². The van der Waals surface area contributed by atoms with E-state index < -0.39 is 5.54 Å². The molecule has 1 aromatic rings. The predicted octanol–water partition coefficient (Wildman–Crippen LogP) is 0.540. The molecule has 20 heavy (non-hydrogen) atoms. The second kappa shape index (κ2) is 6.01. The number of hydrogen-bond donors (Lipinski definition) is 2. The first-order chi connectivity index (χ1) is 9.51. The fourth-order valence-electron chi connectivity index (χ4n) is 2.05. The monoisotopic (exact) mass is 300 g/mol. The van der Waals surface area contributed by atoms with Gasteiger partial charge in [-0.2, -0.15) is 0 Å². The Morgan fingerprint density at radius 2 is 2.35 bits per heavy atom. The van der Waals surface area contributed by atoms with Crippen LogP contribution in [0.4, 0.5) is 0 Å². The van der Waals surface area contributed by atoms with Gasteiger partial charge in [-0.15, -0.1) is 5.10 Å². The first-order valence-corrected chi connectivity index (χ1v) is 7.63. The molecule has 0 saturated heterocycles. The second-order valence-corrected chi connectivity index (χ2v) is 6.00. The minimum Gasteiger partial charge on any atom is -0.468 e. The third kappa shape index (κ3) is 3.06. The summed E-state index contributed by atoms with van der Waals surface area (Å²) in [4.78, 5) is 23.6. The highest BCUT2D eigenvalue weighted by atomic mass is 32.2. The zero-order valence-corrected chi connectivity index (χ0v) is 12.7. The van der Waals surface area contributed by atoms with Crippen molar-refractivity contribution >= 4 is 17.7 Å². The van der Waals surface area contributed by atoms with Crippen LogP contribution in [-0.2, 0) is 9.53 Å². The van der Waals surface area contributed by atoms with Gasteiger partial charge in [-0.05, 0) is 26.3 Å². The van der Waals surface area contributed by atoms with Gasteiger partial charge in [0.15, 0.2) is 5.16 Å². The number of ether oxygens (including phenoxy) is 1. The van der Waals surface area contributed by atoms with Gasteiger partial charge in [0.2, 0.25) is 0 Å². The number of carbonyl (C=O) groups excluding carboxylic acids is 1. The Kier molecular flexibility index (Phi) is 4.54. The molecule has 0 spiro atoms. The quantitative estimate of drug-likeness (QED) is 0.564. The number of nitrogens with zero attached hydrogens (tertiary/aromatic N) is 2. The average Bonchev–Trinajstić information content (AvgIpc) is 3.19. The molecule has 1 aliphatic rings. The second-order valence-electron chi connectivity index (χ2n) is 5.06. The van der Waals surface area contributed by atoms with Crippen molar-refractivity contribution < 1.29 is 9.53 Å². The number of carbonyl (C=O) groups is 1. The summed E-state index contributed by atoms with van der Waals surface area (Å²) in [6.45, 7) is 4.38. The fraction of sp³-hybridized carbons (Fsp3) is 0.750. The van der Waals surface area contributed by atoms with Crippen LogP contribution in [0.5, 0.6) is 0 Å². The summed E-state index contributed by atoms with van der Waals surface area (Å²) in [7, 11) is 1.37. The maximum absolute atomic E-state index is 11.9. The lowest BCUT2D eigenvalue weighted by Gasteiger charge is -2.26. The molecule has 8 heteroatoms. The van der Waals surface area contributed by atoms with Gasteiger partial charge in [-0.3, -0.25) is 9.36 Å². The van der Waals surface area contributed by atoms with E-state index in [2.05, 4.69) is 15.5 Å². The van der Waals surface area contributed by atoms with Crippen LogP contribution in [0.2, 0.25) is 0 Å². The van der Waals surface area contributed by atoms with Crippen molar-refractivity contribution in [2.45, 2.75) is 43.4 Å². The highest BCUT2D eigenvalue weighted by Crippen LogP contribution is 2.36. The first kappa shape index (κ1) is 15.1. The van der Waals surface area contributed by atoms with Crippen molar-refractivity contribution in [2.24, 2.45) is 0 Å². The number of aromatic amines is 1. The summed E-state index contributed by atoms with van der Waals surface area (Å²) in [5.74, 6) is 0.132. The number of esters is 1. The zero-order chi connectivity index (χ0) is 14.8. The van der Waals surface area contributed by atoms with Gasteiger partial charge in [0.25, 0.3) is 0 Å². The van der Waals surface area contributed by atoms with Gasteiger partial charge in [-0.1, -0.05) is 18.7 Å². The van der Waals surface area contributed by atoms with Crippen molar-refractivity contribution in [1.29, 1.82) is 0 Å².